The topological polar surface area (TPSA) is 78.9 Å². The summed E-state index contributed by atoms with van der Waals surface area (Å²) in [6.45, 7) is 6.73. The highest BCUT2D eigenvalue weighted by Crippen LogP contribution is 2.20. The molecule has 0 aromatic heterocycles. The smallest absolute Gasteiger partial charge is 0.306 e. The van der Waals surface area contributed by atoms with E-state index >= 15 is 0 Å². The zero-order valence-electron chi connectivity index (χ0n) is 55.4. The minimum atomic E-state index is -0.770. The van der Waals surface area contributed by atoms with Crippen molar-refractivity contribution in [3.8, 4) is 0 Å². The van der Waals surface area contributed by atoms with Crippen LogP contribution >= 0.6 is 0 Å². The Balaban J connectivity index is 4.19. The van der Waals surface area contributed by atoms with Gasteiger partial charge >= 0.3 is 17.9 Å². The molecule has 81 heavy (non-hydrogen) atoms. The summed E-state index contributed by atoms with van der Waals surface area (Å²) in [4.78, 5) is 38.5. The van der Waals surface area contributed by atoms with Crippen molar-refractivity contribution in [1.82, 2.24) is 0 Å². The molecule has 1 unspecified atom stereocenters. The highest BCUT2D eigenvalue weighted by Gasteiger charge is 2.20. The van der Waals surface area contributed by atoms with Gasteiger partial charge < -0.3 is 14.2 Å². The van der Waals surface area contributed by atoms with Crippen LogP contribution in [-0.4, -0.2) is 37.2 Å². The second kappa shape index (κ2) is 70.6. The first kappa shape index (κ1) is 79.2. The summed E-state index contributed by atoms with van der Waals surface area (Å²) < 4.78 is 17.0. The summed E-state index contributed by atoms with van der Waals surface area (Å²) >= 11 is 0. The van der Waals surface area contributed by atoms with Gasteiger partial charge in [0.15, 0.2) is 6.10 Å². The van der Waals surface area contributed by atoms with Crippen LogP contribution in [0.5, 0.6) is 0 Å². The molecule has 480 valence electrons. The highest BCUT2D eigenvalue weighted by molar-refractivity contribution is 5.71. The van der Waals surface area contributed by atoms with Crippen LogP contribution in [-0.2, 0) is 28.6 Å². The highest BCUT2D eigenvalue weighted by atomic mass is 16.6. The van der Waals surface area contributed by atoms with Crippen molar-refractivity contribution < 1.29 is 28.6 Å². The Morgan fingerprint density at radius 3 is 0.617 bits per heavy atom. The lowest BCUT2D eigenvalue weighted by Gasteiger charge is -2.18. The molecule has 0 aromatic carbocycles. The van der Waals surface area contributed by atoms with Crippen molar-refractivity contribution in [2.24, 2.45) is 0 Å². The molecule has 0 rings (SSSR count). The zero-order chi connectivity index (χ0) is 58.5. The van der Waals surface area contributed by atoms with E-state index in [2.05, 4.69) is 32.9 Å². The maximum Gasteiger partial charge on any atom is 0.306 e. The van der Waals surface area contributed by atoms with Crippen LogP contribution in [0.15, 0.2) is 12.2 Å². The van der Waals surface area contributed by atoms with Crippen molar-refractivity contribution in [2.45, 2.75) is 438 Å². The van der Waals surface area contributed by atoms with E-state index in [-0.39, 0.29) is 31.1 Å². The van der Waals surface area contributed by atoms with E-state index in [1.807, 2.05) is 0 Å². The molecular weight excluding hydrogens is 997 g/mol. The molecular formula is C75H144O6. The van der Waals surface area contributed by atoms with Crippen molar-refractivity contribution in [2.75, 3.05) is 13.2 Å². The number of carbonyl (C=O) groups is 3. The summed E-state index contributed by atoms with van der Waals surface area (Å²) in [5, 5.41) is 0. The largest absolute Gasteiger partial charge is 0.462 e. The van der Waals surface area contributed by atoms with Gasteiger partial charge in [0.1, 0.15) is 13.2 Å². The fraction of sp³-hybridized carbons (Fsp3) is 0.933. The first-order valence-corrected chi connectivity index (χ1v) is 37.2. The van der Waals surface area contributed by atoms with Crippen LogP contribution in [0.4, 0.5) is 0 Å². The Morgan fingerprint density at radius 1 is 0.235 bits per heavy atom. The van der Waals surface area contributed by atoms with Gasteiger partial charge in [0, 0.05) is 19.3 Å². The molecule has 0 saturated heterocycles. The van der Waals surface area contributed by atoms with Gasteiger partial charge in [-0.3, -0.25) is 14.4 Å². The molecule has 0 aromatic rings. The molecule has 0 aliphatic carbocycles. The fourth-order valence-electron chi connectivity index (χ4n) is 11.7. The summed E-state index contributed by atoms with van der Waals surface area (Å²) in [7, 11) is 0. The predicted molar refractivity (Wildman–Crippen MR) is 353 cm³/mol. The lowest BCUT2D eigenvalue weighted by atomic mass is 10.0. The van der Waals surface area contributed by atoms with E-state index in [0.29, 0.717) is 19.3 Å². The number of rotatable bonds is 70. The molecule has 0 radical (unpaired) electrons. The van der Waals surface area contributed by atoms with E-state index in [9.17, 15) is 14.4 Å². The van der Waals surface area contributed by atoms with Crippen molar-refractivity contribution >= 4 is 17.9 Å². The quantitative estimate of drug-likeness (QED) is 0.0261. The molecule has 0 heterocycles. The number of esters is 3. The molecule has 0 saturated carbocycles. The van der Waals surface area contributed by atoms with Crippen LogP contribution in [0.3, 0.4) is 0 Å². The number of allylic oxidation sites excluding steroid dienone is 2. The maximum absolute atomic E-state index is 13.0. The summed E-state index contributed by atoms with van der Waals surface area (Å²) in [5.41, 5.74) is 0. The Kier molecular flexibility index (Phi) is 69.0. The van der Waals surface area contributed by atoms with E-state index in [1.165, 1.54) is 327 Å². The lowest BCUT2D eigenvalue weighted by Crippen LogP contribution is -2.30. The number of unbranched alkanes of at least 4 members (excludes halogenated alkanes) is 57. The standard InChI is InChI=1S/C75H144O6/c1-4-7-10-13-16-19-22-25-28-30-32-34-35-36-37-38-39-40-41-43-44-47-50-53-56-59-62-65-68-74(77)80-71-72(70-79-73(76)67-64-61-58-55-52-49-46-27-24-21-18-15-12-9-6-3)81-75(78)69-66-63-60-57-54-51-48-45-42-33-31-29-26-23-20-17-14-11-8-5-2/h27,46,72H,4-26,28-45,47-71H2,1-3H3/b46-27-. The lowest BCUT2D eigenvalue weighted by molar-refractivity contribution is -0.167. The summed E-state index contributed by atoms with van der Waals surface area (Å²) in [5.74, 6) is -0.836. The fourth-order valence-corrected chi connectivity index (χ4v) is 11.7. The first-order valence-electron chi connectivity index (χ1n) is 37.2. The number of ether oxygens (including phenoxy) is 3. The second-order valence-corrected chi connectivity index (χ2v) is 25.6. The van der Waals surface area contributed by atoms with Crippen LogP contribution < -0.4 is 0 Å². The van der Waals surface area contributed by atoms with Gasteiger partial charge in [-0.05, 0) is 44.9 Å². The minimum absolute atomic E-state index is 0.0654. The molecule has 0 bridgehead atoms. The monoisotopic (exact) mass is 1140 g/mol. The Morgan fingerprint density at radius 2 is 0.407 bits per heavy atom. The Labute approximate surface area is 507 Å². The second-order valence-electron chi connectivity index (χ2n) is 25.6. The van der Waals surface area contributed by atoms with Gasteiger partial charge in [0.25, 0.3) is 0 Å². The molecule has 0 aliphatic rings. The SMILES string of the molecule is CCCCCCCC/C=C\CCCCCCCC(=O)OCC(COC(=O)CCCCCCCCCCCCCCCCCCCCCCCCCCCCCC)OC(=O)CCCCCCCCCCCCCCCCCCCCCC. The number of carbonyl (C=O) groups excluding carboxylic acids is 3. The maximum atomic E-state index is 13.0. The molecule has 0 N–H and O–H groups in total. The third-order valence-electron chi connectivity index (χ3n) is 17.3. The van der Waals surface area contributed by atoms with Gasteiger partial charge in [-0.2, -0.15) is 0 Å². The van der Waals surface area contributed by atoms with Crippen molar-refractivity contribution in [1.29, 1.82) is 0 Å². The normalized spacial score (nSPS) is 12.0. The van der Waals surface area contributed by atoms with Gasteiger partial charge in [0.05, 0.1) is 0 Å². The van der Waals surface area contributed by atoms with Gasteiger partial charge in [-0.15, -0.1) is 0 Å². The van der Waals surface area contributed by atoms with Crippen LogP contribution in [0.1, 0.15) is 432 Å². The predicted octanol–water partition coefficient (Wildman–Crippen LogP) is 25.6. The average Bonchev–Trinajstić information content (AvgIpc) is 3.47. The third kappa shape index (κ3) is 68.8. The van der Waals surface area contributed by atoms with Gasteiger partial charge in [-0.1, -0.05) is 380 Å². The molecule has 0 amide bonds. The summed E-state index contributed by atoms with van der Waals surface area (Å²) in [6.07, 6.45) is 85.4. The Hall–Kier alpha value is -1.85. The van der Waals surface area contributed by atoms with Crippen LogP contribution in [0.25, 0.3) is 0 Å². The van der Waals surface area contributed by atoms with Crippen molar-refractivity contribution in [3.63, 3.8) is 0 Å². The average molecular weight is 1140 g/mol. The zero-order valence-corrected chi connectivity index (χ0v) is 55.4. The minimum Gasteiger partial charge on any atom is -0.462 e. The van der Waals surface area contributed by atoms with E-state index in [0.717, 1.165) is 64.2 Å². The molecule has 0 spiro atoms. The molecule has 1 atom stereocenters. The molecule has 0 fully saturated rings. The number of hydrogen-bond acceptors (Lipinski definition) is 6. The van der Waals surface area contributed by atoms with Crippen molar-refractivity contribution in [3.05, 3.63) is 12.2 Å². The molecule has 6 nitrogen and oxygen atoms in total. The summed E-state index contributed by atoms with van der Waals surface area (Å²) in [6, 6.07) is 0. The van der Waals surface area contributed by atoms with Crippen LogP contribution in [0, 0.1) is 0 Å². The van der Waals surface area contributed by atoms with E-state index in [4.69, 9.17) is 14.2 Å². The van der Waals surface area contributed by atoms with Gasteiger partial charge in [-0.25, -0.2) is 0 Å². The third-order valence-corrected chi connectivity index (χ3v) is 17.3. The number of hydrogen-bond donors (Lipinski definition) is 0. The molecule has 6 heteroatoms. The van der Waals surface area contributed by atoms with E-state index in [1.54, 1.807) is 0 Å². The van der Waals surface area contributed by atoms with E-state index < -0.39 is 6.10 Å². The van der Waals surface area contributed by atoms with Crippen LogP contribution in [0.2, 0.25) is 0 Å². The van der Waals surface area contributed by atoms with Gasteiger partial charge in [0.2, 0.25) is 0 Å². The molecule has 0 aliphatic heterocycles. The Bertz CT molecular complexity index is 1260. The first-order chi connectivity index (χ1) is 40.0.